The number of benzene rings is 1. The van der Waals surface area contributed by atoms with Gasteiger partial charge in [0.05, 0.1) is 0 Å². The zero-order valence-corrected chi connectivity index (χ0v) is 12.9. The minimum Gasteiger partial charge on any atom is -0.335 e. The molecule has 1 unspecified atom stereocenters. The lowest BCUT2D eigenvalue weighted by atomic mass is 9.86. The molecule has 3 heteroatoms. The predicted molar refractivity (Wildman–Crippen MR) is 81.6 cm³/mol. The number of urea groups is 1. The quantitative estimate of drug-likeness (QED) is 0.844. The van der Waals surface area contributed by atoms with Gasteiger partial charge in [0, 0.05) is 11.7 Å². The van der Waals surface area contributed by atoms with E-state index in [9.17, 15) is 4.79 Å². The highest BCUT2D eigenvalue weighted by molar-refractivity contribution is 5.90. The molecule has 0 saturated carbocycles. The smallest absolute Gasteiger partial charge is 0.319 e. The molecule has 0 aliphatic rings. The van der Waals surface area contributed by atoms with E-state index in [4.69, 9.17) is 0 Å². The first-order valence-corrected chi connectivity index (χ1v) is 6.89. The molecule has 0 fully saturated rings. The summed E-state index contributed by atoms with van der Waals surface area (Å²) < 4.78 is 0. The summed E-state index contributed by atoms with van der Waals surface area (Å²) in [6.07, 6.45) is 0. The number of hydrogen-bond donors (Lipinski definition) is 2. The van der Waals surface area contributed by atoms with E-state index in [0.29, 0.717) is 5.92 Å². The van der Waals surface area contributed by atoms with E-state index in [1.54, 1.807) is 0 Å². The maximum absolute atomic E-state index is 12.0. The van der Waals surface area contributed by atoms with Crippen LogP contribution in [0.5, 0.6) is 0 Å². The first kappa shape index (κ1) is 15.5. The summed E-state index contributed by atoms with van der Waals surface area (Å²) in [4.78, 5) is 12.0. The maximum Gasteiger partial charge on any atom is 0.319 e. The van der Waals surface area contributed by atoms with Crippen LogP contribution in [0.2, 0.25) is 0 Å². The van der Waals surface area contributed by atoms with Crippen molar-refractivity contribution in [2.24, 2.45) is 5.92 Å². The fraction of sp³-hybridized carbons (Fsp3) is 0.562. The Morgan fingerprint density at radius 2 is 1.68 bits per heavy atom. The summed E-state index contributed by atoms with van der Waals surface area (Å²) in [7, 11) is 0. The number of nitrogens with one attached hydrogen (secondary N) is 2. The number of carbonyl (C=O) groups excluding carboxylic acids is 1. The first-order valence-electron chi connectivity index (χ1n) is 6.89. The van der Waals surface area contributed by atoms with E-state index >= 15 is 0 Å². The molecule has 0 heterocycles. The second-order valence-corrected chi connectivity index (χ2v) is 6.43. The van der Waals surface area contributed by atoms with E-state index in [2.05, 4.69) is 51.3 Å². The molecule has 0 aliphatic carbocycles. The van der Waals surface area contributed by atoms with Crippen LogP contribution in [-0.2, 0) is 5.41 Å². The van der Waals surface area contributed by atoms with Crippen LogP contribution in [0.25, 0.3) is 0 Å². The van der Waals surface area contributed by atoms with Crippen LogP contribution < -0.4 is 10.6 Å². The molecule has 3 nitrogen and oxygen atoms in total. The van der Waals surface area contributed by atoms with Gasteiger partial charge in [-0.3, -0.25) is 0 Å². The molecule has 1 aromatic rings. The first-order chi connectivity index (χ1) is 8.71. The third-order valence-electron chi connectivity index (χ3n) is 3.34. The van der Waals surface area contributed by atoms with Gasteiger partial charge in [-0.05, 0) is 29.9 Å². The Hall–Kier alpha value is -1.51. The molecule has 0 aliphatic heterocycles. The molecule has 0 radical (unpaired) electrons. The van der Waals surface area contributed by atoms with Crippen LogP contribution in [0.3, 0.4) is 0 Å². The van der Waals surface area contributed by atoms with Crippen LogP contribution in [0.1, 0.15) is 47.1 Å². The Morgan fingerprint density at radius 1 is 1.11 bits per heavy atom. The molecular weight excluding hydrogens is 236 g/mol. The number of anilines is 1. The van der Waals surface area contributed by atoms with E-state index in [1.165, 1.54) is 0 Å². The Kier molecular flexibility index (Phi) is 4.98. The topological polar surface area (TPSA) is 41.1 Å². The van der Waals surface area contributed by atoms with Gasteiger partial charge >= 0.3 is 6.03 Å². The molecule has 1 atom stereocenters. The fourth-order valence-electron chi connectivity index (χ4n) is 1.78. The average molecular weight is 262 g/mol. The number of amides is 2. The Bertz CT molecular complexity index is 433. The average Bonchev–Trinajstić information content (AvgIpc) is 2.27. The second-order valence-electron chi connectivity index (χ2n) is 6.43. The third kappa shape index (κ3) is 4.58. The fourth-order valence-corrected chi connectivity index (χ4v) is 1.78. The largest absolute Gasteiger partial charge is 0.335 e. The molecule has 106 valence electrons. The van der Waals surface area contributed by atoms with Gasteiger partial charge in [0.15, 0.2) is 0 Å². The molecule has 2 amide bonds. The molecule has 0 bridgehead atoms. The molecule has 19 heavy (non-hydrogen) atoms. The predicted octanol–water partition coefficient (Wildman–Crippen LogP) is 4.15. The van der Waals surface area contributed by atoms with Crippen LogP contribution in [0.4, 0.5) is 10.5 Å². The molecule has 1 rings (SSSR count). The highest BCUT2D eigenvalue weighted by Gasteiger charge is 2.19. The summed E-state index contributed by atoms with van der Waals surface area (Å²) in [5.74, 6) is 0.420. The number of carbonyl (C=O) groups is 1. The van der Waals surface area contributed by atoms with Crippen molar-refractivity contribution in [3.63, 3.8) is 0 Å². The monoisotopic (exact) mass is 262 g/mol. The van der Waals surface area contributed by atoms with Gasteiger partial charge in [0.25, 0.3) is 0 Å². The van der Waals surface area contributed by atoms with E-state index < -0.39 is 0 Å². The van der Waals surface area contributed by atoms with Crippen LogP contribution in [-0.4, -0.2) is 12.1 Å². The van der Waals surface area contributed by atoms with E-state index in [-0.39, 0.29) is 17.5 Å². The summed E-state index contributed by atoms with van der Waals surface area (Å²) in [6.45, 7) is 12.6. The lowest BCUT2D eigenvalue weighted by molar-refractivity contribution is 0.246. The van der Waals surface area contributed by atoms with Crippen molar-refractivity contribution >= 4 is 11.7 Å². The molecule has 0 saturated heterocycles. The van der Waals surface area contributed by atoms with Crippen LogP contribution in [0.15, 0.2) is 24.3 Å². The summed E-state index contributed by atoms with van der Waals surface area (Å²) in [5.41, 5.74) is 2.03. The standard InChI is InChI=1S/C16H26N2O/c1-11(2)12(3)17-15(19)18-14-10-8-7-9-13(14)16(4,5)6/h7-12H,1-6H3,(H2,17,18,19). The highest BCUT2D eigenvalue weighted by atomic mass is 16.2. The molecule has 2 N–H and O–H groups in total. The maximum atomic E-state index is 12.0. The van der Waals surface area contributed by atoms with Crippen molar-refractivity contribution in [1.29, 1.82) is 0 Å². The summed E-state index contributed by atoms with van der Waals surface area (Å²) in [6, 6.07) is 7.96. The minimum atomic E-state index is -0.141. The zero-order valence-electron chi connectivity index (χ0n) is 12.9. The Balaban J connectivity index is 2.80. The molecular formula is C16H26N2O. The lowest BCUT2D eigenvalue weighted by Crippen LogP contribution is -2.39. The lowest BCUT2D eigenvalue weighted by Gasteiger charge is -2.24. The Morgan fingerprint density at radius 3 is 2.21 bits per heavy atom. The number of para-hydroxylation sites is 1. The number of rotatable bonds is 3. The molecule has 0 aromatic heterocycles. The van der Waals surface area contributed by atoms with Crippen molar-refractivity contribution in [3.8, 4) is 0 Å². The Labute approximate surface area is 116 Å². The molecule has 0 spiro atoms. The minimum absolute atomic E-state index is 0.00748. The third-order valence-corrected chi connectivity index (χ3v) is 3.34. The van der Waals surface area contributed by atoms with Crippen molar-refractivity contribution in [2.45, 2.75) is 53.0 Å². The van der Waals surface area contributed by atoms with Gasteiger partial charge in [-0.15, -0.1) is 0 Å². The van der Waals surface area contributed by atoms with Crippen LogP contribution in [0, 0.1) is 5.92 Å². The van der Waals surface area contributed by atoms with Gasteiger partial charge < -0.3 is 10.6 Å². The highest BCUT2D eigenvalue weighted by Crippen LogP contribution is 2.29. The van der Waals surface area contributed by atoms with E-state index in [1.807, 2.05) is 25.1 Å². The van der Waals surface area contributed by atoms with Gasteiger partial charge in [0.2, 0.25) is 0 Å². The SMILES string of the molecule is CC(C)C(C)NC(=O)Nc1ccccc1C(C)(C)C. The van der Waals surface area contributed by atoms with Gasteiger partial charge in [-0.1, -0.05) is 52.8 Å². The van der Waals surface area contributed by atoms with Crippen molar-refractivity contribution < 1.29 is 4.79 Å². The van der Waals surface area contributed by atoms with Crippen molar-refractivity contribution in [1.82, 2.24) is 5.32 Å². The molecule has 1 aromatic carbocycles. The normalized spacial score (nSPS) is 13.2. The van der Waals surface area contributed by atoms with Gasteiger partial charge in [-0.25, -0.2) is 4.79 Å². The van der Waals surface area contributed by atoms with Gasteiger partial charge in [0.1, 0.15) is 0 Å². The van der Waals surface area contributed by atoms with Crippen molar-refractivity contribution in [3.05, 3.63) is 29.8 Å². The van der Waals surface area contributed by atoms with E-state index in [0.717, 1.165) is 11.3 Å². The second kappa shape index (κ2) is 6.09. The summed E-state index contributed by atoms with van der Waals surface area (Å²) >= 11 is 0. The van der Waals surface area contributed by atoms with Crippen molar-refractivity contribution in [2.75, 3.05) is 5.32 Å². The summed E-state index contributed by atoms with van der Waals surface area (Å²) in [5, 5.41) is 5.91. The van der Waals surface area contributed by atoms with Gasteiger partial charge in [-0.2, -0.15) is 0 Å². The number of hydrogen-bond acceptors (Lipinski definition) is 1. The van der Waals surface area contributed by atoms with Crippen LogP contribution >= 0.6 is 0 Å². The zero-order chi connectivity index (χ0) is 14.6.